The number of carbonyl (C=O) groups is 1. The number of fused-ring (bicyclic) bond motifs is 1. The van der Waals surface area contributed by atoms with Gasteiger partial charge in [0.2, 0.25) is 5.56 Å². The molecule has 0 radical (unpaired) electrons. The Morgan fingerprint density at radius 1 is 1.20 bits per heavy atom. The smallest absolute Gasteiger partial charge is 0.301 e. The molecule has 0 spiro atoms. The number of Topliss-reactive ketones (excluding diaryl/α,β-unsaturated/α-hetero) is 1. The third kappa shape index (κ3) is 3.19. The van der Waals surface area contributed by atoms with Crippen molar-refractivity contribution in [2.75, 3.05) is 17.4 Å². The van der Waals surface area contributed by atoms with Crippen LogP contribution in [-0.2, 0) is 16.8 Å². The highest BCUT2D eigenvalue weighted by Gasteiger charge is 2.35. The second kappa shape index (κ2) is 7.03. The zero-order valence-electron chi connectivity index (χ0n) is 16.1. The van der Waals surface area contributed by atoms with Gasteiger partial charge in [-0.3, -0.25) is 13.9 Å². The number of halogens is 2. The topological polar surface area (TPSA) is 104 Å². The highest BCUT2D eigenvalue weighted by Crippen LogP contribution is 2.38. The summed E-state index contributed by atoms with van der Waals surface area (Å²) in [5, 5.41) is 0.344. The molecule has 1 aliphatic rings. The fourth-order valence-corrected chi connectivity index (χ4v) is 4.99. The Labute approximate surface area is 170 Å². The number of ketones is 1. The summed E-state index contributed by atoms with van der Waals surface area (Å²) in [5.41, 5.74) is 0.0228. The van der Waals surface area contributed by atoms with Gasteiger partial charge in [0.05, 0.1) is 17.7 Å². The van der Waals surface area contributed by atoms with Crippen LogP contribution in [0.4, 0.5) is 14.5 Å². The number of hydrogen-bond donors (Lipinski definition) is 2. The fourth-order valence-electron chi connectivity index (χ4n) is 3.73. The van der Waals surface area contributed by atoms with Gasteiger partial charge in [-0.2, -0.15) is 13.1 Å². The number of carbonyl (C=O) groups excluding carboxylic acids is 1. The zero-order chi connectivity index (χ0) is 21.8. The van der Waals surface area contributed by atoms with Crippen molar-refractivity contribution in [3.05, 3.63) is 63.2 Å². The minimum atomic E-state index is -3.89. The van der Waals surface area contributed by atoms with Gasteiger partial charge in [0.1, 0.15) is 17.3 Å². The van der Waals surface area contributed by atoms with Crippen LogP contribution in [0.2, 0.25) is 0 Å². The minimum absolute atomic E-state index is 0.0121. The summed E-state index contributed by atoms with van der Waals surface area (Å²) in [4.78, 5) is 26.5. The lowest BCUT2D eigenvalue weighted by molar-refractivity contribution is 0.101. The number of hydrogen-bond acceptors (Lipinski definition) is 4. The van der Waals surface area contributed by atoms with Crippen molar-refractivity contribution in [1.29, 1.82) is 0 Å². The number of aromatic nitrogens is 2. The molecular formula is C19H18F2N4O4S. The van der Waals surface area contributed by atoms with E-state index in [2.05, 4.69) is 9.71 Å². The maximum absolute atomic E-state index is 14.4. The third-order valence-electron chi connectivity index (χ3n) is 5.07. The number of benzene rings is 1. The van der Waals surface area contributed by atoms with E-state index in [9.17, 15) is 26.8 Å². The van der Waals surface area contributed by atoms with Gasteiger partial charge in [-0.15, -0.1) is 0 Å². The van der Waals surface area contributed by atoms with Crippen molar-refractivity contribution < 1.29 is 22.0 Å². The molecule has 1 fully saturated rings. The molecule has 0 bridgehead atoms. The largest absolute Gasteiger partial charge is 0.332 e. The Hall–Kier alpha value is -3.05. The summed E-state index contributed by atoms with van der Waals surface area (Å²) < 4.78 is 58.5. The molecule has 3 aromatic rings. The molecule has 30 heavy (non-hydrogen) atoms. The lowest BCUT2D eigenvalue weighted by atomic mass is 10.1. The normalized spacial score (nSPS) is 15.8. The summed E-state index contributed by atoms with van der Waals surface area (Å²) in [5.74, 6) is -1.75. The average Bonchev–Trinajstić information content (AvgIpc) is 3.15. The molecule has 158 valence electrons. The molecule has 0 amide bonds. The van der Waals surface area contributed by atoms with E-state index in [0.717, 1.165) is 16.6 Å². The van der Waals surface area contributed by atoms with Gasteiger partial charge >= 0.3 is 10.2 Å². The van der Waals surface area contributed by atoms with Crippen molar-refractivity contribution >= 4 is 32.6 Å². The monoisotopic (exact) mass is 436 g/mol. The van der Waals surface area contributed by atoms with Crippen LogP contribution in [0.3, 0.4) is 0 Å². The first-order valence-corrected chi connectivity index (χ1v) is 10.5. The quantitative estimate of drug-likeness (QED) is 0.609. The first-order chi connectivity index (χ1) is 14.1. The standard InChI is InChI=1S/C19H18F2N4O4S/c1-10-5-13-16(7-14(10)20)24(9-12-6-17(27)22-8-15(12)21)18(11(2)26)19(13)25-4-3-23-30(25,28)29/h5-8,23H,3-4,9H2,1-2H3,(H,22,27). The number of nitrogens with zero attached hydrogens (tertiary/aromatic N) is 2. The number of nitrogens with one attached hydrogen (secondary N) is 2. The maximum Gasteiger partial charge on any atom is 0.301 e. The Morgan fingerprint density at radius 3 is 2.57 bits per heavy atom. The van der Waals surface area contributed by atoms with Gasteiger partial charge in [0.25, 0.3) is 0 Å². The summed E-state index contributed by atoms with van der Waals surface area (Å²) in [6.07, 6.45) is 0.900. The second-order valence-electron chi connectivity index (χ2n) is 7.10. The Bertz CT molecular complexity index is 1360. The number of rotatable bonds is 4. The highest BCUT2D eigenvalue weighted by atomic mass is 32.2. The molecule has 0 atom stereocenters. The SMILES string of the molecule is CC(=O)c1c(N2CCNS2(=O)=O)c2cc(C)c(F)cc2n1Cc1cc(=O)[nH]cc1F. The molecule has 11 heteroatoms. The lowest BCUT2D eigenvalue weighted by Crippen LogP contribution is -2.30. The van der Waals surface area contributed by atoms with Gasteiger partial charge in [-0.05, 0) is 24.6 Å². The van der Waals surface area contributed by atoms with Gasteiger partial charge < -0.3 is 9.55 Å². The predicted molar refractivity (Wildman–Crippen MR) is 107 cm³/mol. The number of aryl methyl sites for hydroxylation is 1. The maximum atomic E-state index is 14.4. The molecule has 3 heterocycles. The fraction of sp³-hybridized carbons (Fsp3) is 0.263. The molecule has 0 saturated carbocycles. The molecule has 1 saturated heterocycles. The summed E-state index contributed by atoms with van der Waals surface area (Å²) >= 11 is 0. The summed E-state index contributed by atoms with van der Waals surface area (Å²) in [6, 6.07) is 3.69. The summed E-state index contributed by atoms with van der Waals surface area (Å²) in [6.45, 7) is 2.75. The zero-order valence-corrected chi connectivity index (χ0v) is 16.9. The van der Waals surface area contributed by atoms with Gasteiger partial charge in [-0.25, -0.2) is 8.78 Å². The van der Waals surface area contributed by atoms with E-state index in [4.69, 9.17) is 0 Å². The van der Waals surface area contributed by atoms with Crippen LogP contribution < -0.4 is 14.6 Å². The average molecular weight is 436 g/mol. The van der Waals surface area contributed by atoms with E-state index in [-0.39, 0.29) is 47.7 Å². The Kier molecular flexibility index (Phi) is 4.74. The van der Waals surface area contributed by atoms with Crippen molar-refractivity contribution in [3.63, 3.8) is 0 Å². The second-order valence-corrected chi connectivity index (χ2v) is 8.78. The molecule has 0 aliphatic carbocycles. The van der Waals surface area contributed by atoms with Crippen LogP contribution in [0.5, 0.6) is 0 Å². The number of pyridine rings is 1. The number of aromatic amines is 1. The van der Waals surface area contributed by atoms with Crippen LogP contribution in [0.1, 0.15) is 28.5 Å². The lowest BCUT2D eigenvalue weighted by Gasteiger charge is -2.17. The highest BCUT2D eigenvalue weighted by molar-refractivity contribution is 7.91. The Balaban J connectivity index is 2.08. The predicted octanol–water partition coefficient (Wildman–Crippen LogP) is 1.82. The van der Waals surface area contributed by atoms with E-state index in [1.807, 2.05) is 0 Å². The van der Waals surface area contributed by atoms with Crippen LogP contribution >= 0.6 is 0 Å². The molecular weight excluding hydrogens is 418 g/mol. The molecule has 2 N–H and O–H groups in total. The number of H-pyrrole nitrogens is 1. The molecule has 8 nitrogen and oxygen atoms in total. The molecule has 0 unspecified atom stereocenters. The first-order valence-electron chi connectivity index (χ1n) is 9.08. The molecule has 2 aromatic heterocycles. The van der Waals surface area contributed by atoms with Crippen LogP contribution in [0.15, 0.2) is 29.2 Å². The van der Waals surface area contributed by atoms with E-state index in [0.29, 0.717) is 5.39 Å². The molecule has 1 aliphatic heterocycles. The van der Waals surface area contributed by atoms with Crippen LogP contribution in [0.25, 0.3) is 10.9 Å². The van der Waals surface area contributed by atoms with Crippen molar-refractivity contribution in [2.24, 2.45) is 0 Å². The van der Waals surface area contributed by atoms with Gasteiger partial charge in [0, 0.05) is 43.2 Å². The number of anilines is 1. The van der Waals surface area contributed by atoms with E-state index < -0.39 is 33.2 Å². The van der Waals surface area contributed by atoms with E-state index >= 15 is 0 Å². The van der Waals surface area contributed by atoms with Crippen LogP contribution in [0, 0.1) is 18.6 Å². The third-order valence-corrected chi connectivity index (χ3v) is 6.59. The Morgan fingerprint density at radius 2 is 1.93 bits per heavy atom. The van der Waals surface area contributed by atoms with E-state index in [1.165, 1.54) is 30.5 Å². The summed E-state index contributed by atoms with van der Waals surface area (Å²) in [7, 11) is -3.89. The van der Waals surface area contributed by atoms with Crippen molar-refractivity contribution in [2.45, 2.75) is 20.4 Å². The van der Waals surface area contributed by atoms with Crippen molar-refractivity contribution in [3.8, 4) is 0 Å². The molecule has 4 rings (SSSR count). The minimum Gasteiger partial charge on any atom is -0.332 e. The molecule has 1 aromatic carbocycles. The van der Waals surface area contributed by atoms with Gasteiger partial charge in [-0.1, -0.05) is 0 Å². The van der Waals surface area contributed by atoms with Crippen LogP contribution in [-0.4, -0.2) is 36.8 Å². The van der Waals surface area contributed by atoms with E-state index in [1.54, 1.807) is 0 Å². The van der Waals surface area contributed by atoms with Crippen molar-refractivity contribution in [1.82, 2.24) is 14.3 Å². The first kappa shape index (κ1) is 20.2. The van der Waals surface area contributed by atoms with Gasteiger partial charge in [0.15, 0.2) is 5.78 Å².